The van der Waals surface area contributed by atoms with Crippen molar-refractivity contribution < 1.29 is 0 Å². The minimum atomic E-state index is 0.986. The number of hydrogen-bond donors (Lipinski definition) is 0. The number of benzene rings is 6. The Morgan fingerprint density at radius 2 is 0.750 bits per heavy atom. The van der Waals surface area contributed by atoms with Gasteiger partial charge in [-0.2, -0.15) is 0 Å². The number of fused-ring (bicyclic) bond motifs is 7. The molecule has 0 saturated heterocycles. The third kappa shape index (κ3) is 3.72. The van der Waals surface area contributed by atoms with Crippen molar-refractivity contribution in [3.63, 3.8) is 0 Å². The maximum atomic E-state index is 5.16. The van der Waals surface area contributed by atoms with Crippen LogP contribution in [0.2, 0.25) is 0 Å². The van der Waals surface area contributed by atoms with Gasteiger partial charge in [0.15, 0.2) is 0 Å². The number of hydrogen-bond acceptors (Lipinski definition) is 2. The van der Waals surface area contributed by atoms with E-state index in [9.17, 15) is 0 Å². The molecule has 0 spiro atoms. The average Bonchev–Trinajstić information content (AvgIpc) is 3.00. The molecule has 0 aliphatic carbocycles. The minimum Gasteiger partial charge on any atom is -0.247 e. The van der Waals surface area contributed by atoms with Crippen molar-refractivity contribution in [1.29, 1.82) is 0 Å². The van der Waals surface area contributed by atoms with Gasteiger partial charge in [0.2, 0.25) is 0 Å². The van der Waals surface area contributed by atoms with Crippen LogP contribution in [0.15, 0.2) is 121 Å². The Hall–Kier alpha value is -5.08. The Labute approximate surface area is 232 Å². The first-order valence-corrected chi connectivity index (χ1v) is 13.7. The standard InChI is InChI=1S/C38H26N2/c1-23-3-5-26-9-11-28-15-17-35(39-37(28)33(26)19-23)30-13-7-25-8-14-31(22-32(25)21-30)36-18-16-29-12-10-27-6-4-24(2)20-34(27)38(29)40-36/h3-22H,1-2H3. The molecule has 0 amide bonds. The van der Waals surface area contributed by atoms with Gasteiger partial charge < -0.3 is 0 Å². The first-order chi connectivity index (χ1) is 19.6. The first-order valence-electron chi connectivity index (χ1n) is 13.7. The first kappa shape index (κ1) is 22.9. The molecule has 8 rings (SSSR count). The van der Waals surface area contributed by atoms with Crippen LogP contribution in [-0.2, 0) is 0 Å². The number of aromatic nitrogens is 2. The summed E-state index contributed by atoms with van der Waals surface area (Å²) in [5, 5.41) is 9.55. The molecule has 2 aromatic heterocycles. The molecule has 2 heterocycles. The summed E-state index contributed by atoms with van der Waals surface area (Å²) in [6, 6.07) is 43.7. The molecule has 2 heteroatoms. The quantitative estimate of drug-likeness (QED) is 0.216. The normalized spacial score (nSPS) is 11.8. The van der Waals surface area contributed by atoms with Gasteiger partial charge in [-0.15, -0.1) is 0 Å². The summed E-state index contributed by atoms with van der Waals surface area (Å²) in [5.74, 6) is 0. The van der Waals surface area contributed by atoms with Gasteiger partial charge in [-0.1, -0.05) is 96.1 Å². The Morgan fingerprint density at radius 1 is 0.350 bits per heavy atom. The highest BCUT2D eigenvalue weighted by Gasteiger charge is 2.10. The van der Waals surface area contributed by atoms with Crippen molar-refractivity contribution in [3.8, 4) is 22.5 Å². The van der Waals surface area contributed by atoms with E-state index in [1.165, 1.54) is 43.4 Å². The van der Waals surface area contributed by atoms with E-state index in [4.69, 9.17) is 9.97 Å². The van der Waals surface area contributed by atoms with E-state index >= 15 is 0 Å². The maximum Gasteiger partial charge on any atom is 0.0787 e. The van der Waals surface area contributed by atoms with Crippen LogP contribution in [0, 0.1) is 13.8 Å². The van der Waals surface area contributed by atoms with Crippen LogP contribution in [0.3, 0.4) is 0 Å². The van der Waals surface area contributed by atoms with Crippen molar-refractivity contribution in [2.75, 3.05) is 0 Å². The molecule has 0 fully saturated rings. The fourth-order valence-electron chi connectivity index (χ4n) is 5.93. The van der Waals surface area contributed by atoms with E-state index in [-0.39, 0.29) is 0 Å². The molecule has 0 saturated carbocycles. The molecule has 40 heavy (non-hydrogen) atoms. The molecule has 0 atom stereocenters. The van der Waals surface area contributed by atoms with E-state index in [1.54, 1.807) is 0 Å². The van der Waals surface area contributed by atoms with Gasteiger partial charge >= 0.3 is 0 Å². The van der Waals surface area contributed by atoms with Crippen molar-refractivity contribution >= 4 is 54.1 Å². The number of rotatable bonds is 2. The van der Waals surface area contributed by atoms with Gasteiger partial charge in [0.05, 0.1) is 22.4 Å². The van der Waals surface area contributed by atoms with Crippen LogP contribution < -0.4 is 0 Å². The summed E-state index contributed by atoms with van der Waals surface area (Å²) >= 11 is 0. The molecule has 8 aromatic rings. The van der Waals surface area contributed by atoms with E-state index in [2.05, 4.69) is 135 Å². The summed E-state index contributed by atoms with van der Waals surface area (Å²) in [6.45, 7) is 4.27. The highest BCUT2D eigenvalue weighted by atomic mass is 14.7. The molecule has 0 aliphatic heterocycles. The zero-order valence-electron chi connectivity index (χ0n) is 22.4. The Kier molecular flexibility index (Phi) is 4.99. The van der Waals surface area contributed by atoms with Gasteiger partial charge in [-0.05, 0) is 71.8 Å². The van der Waals surface area contributed by atoms with Crippen LogP contribution in [-0.4, -0.2) is 9.97 Å². The summed E-state index contributed by atoms with van der Waals surface area (Å²) in [6.07, 6.45) is 0. The Bertz CT molecular complexity index is 2140. The second kappa shape index (κ2) is 8.72. The lowest BCUT2D eigenvalue weighted by Gasteiger charge is -2.10. The van der Waals surface area contributed by atoms with Crippen LogP contribution in [0.5, 0.6) is 0 Å². The number of aryl methyl sites for hydroxylation is 2. The SMILES string of the molecule is Cc1ccc2ccc3ccc(-c4ccc5ccc(-c6ccc7ccc8ccc(C)cc8c7n6)cc5c4)nc3c2c1. The Balaban J connectivity index is 1.26. The lowest BCUT2D eigenvalue weighted by molar-refractivity contribution is 1.40. The predicted molar refractivity (Wildman–Crippen MR) is 170 cm³/mol. The van der Waals surface area contributed by atoms with Crippen LogP contribution >= 0.6 is 0 Å². The summed E-state index contributed by atoms with van der Waals surface area (Å²) in [7, 11) is 0. The van der Waals surface area contributed by atoms with Gasteiger partial charge in [0.1, 0.15) is 0 Å². The van der Waals surface area contributed by atoms with Gasteiger partial charge in [0, 0.05) is 32.7 Å². The second-order valence-corrected chi connectivity index (χ2v) is 10.9. The fourth-order valence-corrected chi connectivity index (χ4v) is 5.93. The summed E-state index contributed by atoms with van der Waals surface area (Å²) in [5.41, 5.74) is 8.80. The monoisotopic (exact) mass is 510 g/mol. The van der Waals surface area contributed by atoms with E-state index in [1.807, 2.05) is 0 Å². The highest BCUT2D eigenvalue weighted by Crippen LogP contribution is 2.32. The van der Waals surface area contributed by atoms with Gasteiger partial charge in [-0.25, -0.2) is 9.97 Å². The maximum absolute atomic E-state index is 5.16. The molecule has 6 aromatic carbocycles. The Morgan fingerprint density at radius 3 is 1.25 bits per heavy atom. The zero-order chi connectivity index (χ0) is 26.8. The average molecular weight is 511 g/mol. The third-order valence-electron chi connectivity index (χ3n) is 8.10. The highest BCUT2D eigenvalue weighted by molar-refractivity contribution is 6.07. The molecule has 0 radical (unpaired) electrons. The number of pyridine rings is 2. The van der Waals surface area contributed by atoms with Crippen molar-refractivity contribution in [2.24, 2.45) is 0 Å². The second-order valence-electron chi connectivity index (χ2n) is 10.9. The van der Waals surface area contributed by atoms with Crippen LogP contribution in [0.4, 0.5) is 0 Å². The molecular weight excluding hydrogens is 484 g/mol. The van der Waals surface area contributed by atoms with Crippen LogP contribution in [0.25, 0.3) is 76.6 Å². The summed E-state index contributed by atoms with van der Waals surface area (Å²) in [4.78, 5) is 10.3. The van der Waals surface area contributed by atoms with Gasteiger partial charge in [0.25, 0.3) is 0 Å². The van der Waals surface area contributed by atoms with Crippen LogP contribution in [0.1, 0.15) is 11.1 Å². The molecule has 2 nitrogen and oxygen atoms in total. The zero-order valence-corrected chi connectivity index (χ0v) is 22.4. The van der Waals surface area contributed by atoms with Gasteiger partial charge in [-0.3, -0.25) is 0 Å². The molecule has 0 unspecified atom stereocenters. The topological polar surface area (TPSA) is 25.8 Å². The van der Waals surface area contributed by atoms with Crippen molar-refractivity contribution in [3.05, 3.63) is 132 Å². The predicted octanol–water partition coefficient (Wildman–Crippen LogP) is 10.2. The molecule has 0 N–H and O–H groups in total. The molecular formula is C38H26N2. The largest absolute Gasteiger partial charge is 0.247 e. The van der Waals surface area contributed by atoms with Crippen molar-refractivity contribution in [1.82, 2.24) is 9.97 Å². The van der Waals surface area contributed by atoms with E-state index in [0.717, 1.165) is 44.3 Å². The summed E-state index contributed by atoms with van der Waals surface area (Å²) < 4.78 is 0. The van der Waals surface area contributed by atoms with Crippen molar-refractivity contribution in [2.45, 2.75) is 13.8 Å². The fraction of sp³-hybridized carbons (Fsp3) is 0.0526. The van der Waals surface area contributed by atoms with E-state index in [0.29, 0.717) is 0 Å². The third-order valence-corrected chi connectivity index (χ3v) is 8.10. The molecule has 0 bridgehead atoms. The molecule has 0 aliphatic rings. The lowest BCUT2D eigenvalue weighted by atomic mass is 9.99. The molecule has 188 valence electrons. The lowest BCUT2D eigenvalue weighted by Crippen LogP contribution is -1.89. The minimum absolute atomic E-state index is 0.986. The number of nitrogens with zero attached hydrogens (tertiary/aromatic N) is 2. The van der Waals surface area contributed by atoms with E-state index < -0.39 is 0 Å². The smallest absolute Gasteiger partial charge is 0.0787 e.